The van der Waals surface area contributed by atoms with Gasteiger partial charge in [0.05, 0.1) is 5.69 Å². The number of benzene rings is 1. The van der Waals surface area contributed by atoms with Gasteiger partial charge < -0.3 is 10.6 Å². The van der Waals surface area contributed by atoms with Gasteiger partial charge in [-0.3, -0.25) is 0 Å². The molecule has 1 saturated heterocycles. The lowest BCUT2D eigenvalue weighted by Gasteiger charge is -2.30. The molecule has 116 valence electrons. The highest BCUT2D eigenvalue weighted by Crippen LogP contribution is 2.36. The minimum atomic E-state index is 0.406. The van der Waals surface area contributed by atoms with Crippen LogP contribution in [0.4, 0.5) is 5.69 Å². The summed E-state index contributed by atoms with van der Waals surface area (Å²) in [6.07, 6.45) is 3.83. The molecule has 0 spiro atoms. The van der Waals surface area contributed by atoms with E-state index >= 15 is 0 Å². The maximum absolute atomic E-state index is 5.70. The molecule has 2 nitrogen and oxygen atoms in total. The second-order valence-corrected chi connectivity index (χ2v) is 8.31. The number of halogens is 1. The first-order valence-corrected chi connectivity index (χ1v) is 8.83. The summed E-state index contributed by atoms with van der Waals surface area (Å²) < 4.78 is 1.09. The lowest BCUT2D eigenvalue weighted by Crippen LogP contribution is -2.26. The third-order valence-corrected chi connectivity index (χ3v) is 5.40. The van der Waals surface area contributed by atoms with Crippen molar-refractivity contribution in [1.82, 2.24) is 0 Å². The quantitative estimate of drug-likeness (QED) is 0.764. The average Bonchev–Trinajstić information content (AvgIpc) is 2.63. The summed E-state index contributed by atoms with van der Waals surface area (Å²) >= 11 is 8.72. The molecule has 1 atom stereocenters. The largest absolute Gasteiger partial charge is 0.389 e. The first-order chi connectivity index (χ1) is 9.79. The van der Waals surface area contributed by atoms with Gasteiger partial charge in [-0.05, 0) is 64.7 Å². The molecule has 0 saturated carbocycles. The van der Waals surface area contributed by atoms with Crippen molar-refractivity contribution >= 4 is 38.8 Å². The van der Waals surface area contributed by atoms with Gasteiger partial charge in [-0.1, -0.05) is 33.0 Å². The van der Waals surface area contributed by atoms with Gasteiger partial charge in [0.2, 0.25) is 0 Å². The van der Waals surface area contributed by atoms with E-state index in [1.807, 2.05) is 12.1 Å². The summed E-state index contributed by atoms with van der Waals surface area (Å²) in [5.74, 6) is 0.803. The second-order valence-electron chi connectivity index (χ2n) is 7.01. The van der Waals surface area contributed by atoms with Gasteiger partial charge in [0.15, 0.2) is 0 Å². The average molecular weight is 369 g/mol. The molecular formula is C17H25BrN2S. The Bertz CT molecular complexity index is 522. The van der Waals surface area contributed by atoms with Crippen LogP contribution in [0.3, 0.4) is 0 Å². The van der Waals surface area contributed by atoms with E-state index in [4.69, 9.17) is 18.0 Å². The van der Waals surface area contributed by atoms with Crippen LogP contribution in [0.5, 0.6) is 0 Å². The highest BCUT2D eigenvalue weighted by Gasteiger charge is 2.27. The van der Waals surface area contributed by atoms with Crippen LogP contribution in [-0.4, -0.2) is 18.1 Å². The normalized spacial score (nSPS) is 20.2. The third kappa shape index (κ3) is 4.19. The smallest absolute Gasteiger partial charge is 0.104 e. The van der Waals surface area contributed by atoms with Crippen molar-refractivity contribution in [3.8, 4) is 0 Å². The van der Waals surface area contributed by atoms with Crippen LogP contribution in [0.25, 0.3) is 0 Å². The topological polar surface area (TPSA) is 29.3 Å². The molecule has 1 aliphatic rings. The van der Waals surface area contributed by atoms with Crippen molar-refractivity contribution < 1.29 is 0 Å². The Hall–Kier alpha value is -0.610. The van der Waals surface area contributed by atoms with Crippen molar-refractivity contribution in [1.29, 1.82) is 0 Å². The Balaban J connectivity index is 2.14. The minimum absolute atomic E-state index is 0.406. The molecule has 4 heteroatoms. The van der Waals surface area contributed by atoms with E-state index < -0.39 is 0 Å². The van der Waals surface area contributed by atoms with Crippen LogP contribution in [0.2, 0.25) is 0 Å². The standard InChI is InChI=1S/C17H25BrN2S/c1-17(2,3)13-5-4-9-20(10-8-13)15-7-6-12(16(19)21)11-14(15)18/h6-7,11,13H,4-5,8-10H2,1-3H3,(H2,19,21). The third-order valence-electron chi connectivity index (χ3n) is 4.53. The number of nitrogens with two attached hydrogens (primary N) is 1. The molecule has 0 amide bonds. The van der Waals surface area contributed by atoms with E-state index in [-0.39, 0.29) is 0 Å². The molecule has 0 aliphatic carbocycles. The summed E-state index contributed by atoms with van der Waals surface area (Å²) in [7, 11) is 0. The fourth-order valence-corrected chi connectivity index (χ4v) is 3.88. The van der Waals surface area contributed by atoms with E-state index in [2.05, 4.69) is 47.7 Å². The van der Waals surface area contributed by atoms with Gasteiger partial charge in [-0.2, -0.15) is 0 Å². The van der Waals surface area contributed by atoms with Gasteiger partial charge in [-0.25, -0.2) is 0 Å². The van der Waals surface area contributed by atoms with Crippen molar-refractivity contribution in [3.05, 3.63) is 28.2 Å². The van der Waals surface area contributed by atoms with Crippen LogP contribution < -0.4 is 10.6 Å². The molecule has 1 aliphatic heterocycles. The number of hydrogen-bond acceptors (Lipinski definition) is 2. The number of rotatable bonds is 2. The maximum Gasteiger partial charge on any atom is 0.104 e. The van der Waals surface area contributed by atoms with E-state index in [0.29, 0.717) is 10.4 Å². The number of thiocarbonyl (C=S) groups is 1. The van der Waals surface area contributed by atoms with Crippen LogP contribution >= 0.6 is 28.1 Å². The van der Waals surface area contributed by atoms with Crippen molar-refractivity contribution in [3.63, 3.8) is 0 Å². The van der Waals surface area contributed by atoms with Gasteiger partial charge >= 0.3 is 0 Å². The SMILES string of the molecule is CC(C)(C)C1CCCN(c2ccc(C(N)=S)cc2Br)CC1. The summed E-state index contributed by atoms with van der Waals surface area (Å²) in [5, 5.41) is 0. The monoisotopic (exact) mass is 368 g/mol. The van der Waals surface area contributed by atoms with E-state index in [1.54, 1.807) is 0 Å². The van der Waals surface area contributed by atoms with Gasteiger partial charge in [0, 0.05) is 23.1 Å². The van der Waals surface area contributed by atoms with Crippen molar-refractivity contribution in [2.75, 3.05) is 18.0 Å². The van der Waals surface area contributed by atoms with E-state index in [0.717, 1.165) is 29.0 Å². The van der Waals surface area contributed by atoms with Crippen molar-refractivity contribution in [2.24, 2.45) is 17.1 Å². The Morgan fingerprint density at radius 1 is 1.29 bits per heavy atom. The van der Waals surface area contributed by atoms with Crippen molar-refractivity contribution in [2.45, 2.75) is 40.0 Å². The molecule has 0 radical (unpaired) electrons. The molecule has 2 rings (SSSR count). The fourth-order valence-electron chi connectivity index (χ4n) is 3.12. The molecule has 0 bridgehead atoms. The Morgan fingerprint density at radius 2 is 2.00 bits per heavy atom. The molecule has 1 aromatic rings. The van der Waals surface area contributed by atoms with E-state index in [9.17, 15) is 0 Å². The Morgan fingerprint density at radius 3 is 2.57 bits per heavy atom. The Kier molecular flexibility index (Phi) is 5.31. The number of anilines is 1. The summed E-state index contributed by atoms with van der Waals surface area (Å²) in [5.41, 5.74) is 8.28. The van der Waals surface area contributed by atoms with Gasteiger partial charge in [0.1, 0.15) is 4.99 Å². The lowest BCUT2D eigenvalue weighted by molar-refractivity contribution is 0.220. The first-order valence-electron chi connectivity index (χ1n) is 7.63. The van der Waals surface area contributed by atoms with Gasteiger partial charge in [-0.15, -0.1) is 0 Å². The molecule has 1 aromatic carbocycles. The zero-order valence-corrected chi connectivity index (χ0v) is 15.6. The molecular weight excluding hydrogens is 344 g/mol. The molecule has 1 heterocycles. The predicted octanol–water partition coefficient (Wildman–Crippen LogP) is 4.74. The summed E-state index contributed by atoms with van der Waals surface area (Å²) in [6.45, 7) is 9.32. The maximum atomic E-state index is 5.70. The lowest BCUT2D eigenvalue weighted by atomic mass is 9.77. The number of nitrogens with zero attached hydrogens (tertiary/aromatic N) is 1. The first kappa shape index (κ1) is 16.8. The highest BCUT2D eigenvalue weighted by atomic mass is 79.9. The molecule has 1 unspecified atom stereocenters. The fraction of sp³-hybridized carbons (Fsp3) is 0.588. The molecule has 2 N–H and O–H groups in total. The molecule has 21 heavy (non-hydrogen) atoms. The predicted molar refractivity (Wildman–Crippen MR) is 99.0 cm³/mol. The van der Waals surface area contributed by atoms with Crippen LogP contribution in [0.15, 0.2) is 22.7 Å². The molecule has 1 fully saturated rings. The molecule has 0 aromatic heterocycles. The second kappa shape index (κ2) is 6.66. The highest BCUT2D eigenvalue weighted by molar-refractivity contribution is 9.10. The van der Waals surface area contributed by atoms with Crippen LogP contribution in [-0.2, 0) is 0 Å². The summed E-state index contributed by atoms with van der Waals surface area (Å²) in [6, 6.07) is 6.19. The minimum Gasteiger partial charge on any atom is -0.389 e. The van der Waals surface area contributed by atoms with E-state index in [1.165, 1.54) is 24.9 Å². The Labute approximate surface area is 142 Å². The number of hydrogen-bond donors (Lipinski definition) is 1. The van der Waals surface area contributed by atoms with Crippen LogP contribution in [0.1, 0.15) is 45.6 Å². The van der Waals surface area contributed by atoms with Crippen LogP contribution in [0, 0.1) is 11.3 Å². The zero-order valence-electron chi connectivity index (χ0n) is 13.2. The summed E-state index contributed by atoms with van der Waals surface area (Å²) in [4.78, 5) is 2.94. The zero-order chi connectivity index (χ0) is 15.6. The van der Waals surface area contributed by atoms with Gasteiger partial charge in [0.25, 0.3) is 0 Å².